The van der Waals surface area contributed by atoms with Crippen molar-refractivity contribution >= 4 is 16.9 Å². The van der Waals surface area contributed by atoms with Crippen molar-refractivity contribution in [1.82, 2.24) is 24.0 Å². The Morgan fingerprint density at radius 2 is 1.86 bits per heavy atom. The van der Waals surface area contributed by atoms with Gasteiger partial charge in [-0.1, -0.05) is 37.3 Å². The summed E-state index contributed by atoms with van der Waals surface area (Å²) in [5, 5.41) is 0. The highest BCUT2D eigenvalue weighted by Crippen LogP contribution is 2.36. The molecule has 0 spiro atoms. The van der Waals surface area contributed by atoms with E-state index in [4.69, 9.17) is 20.4 Å². The fourth-order valence-corrected chi connectivity index (χ4v) is 5.59. The number of benzene rings is 2. The number of imidazole rings is 2. The molecule has 2 aliphatic rings. The number of ether oxygens (including phenoxy) is 1. The highest BCUT2D eigenvalue weighted by Gasteiger charge is 2.37. The number of fused-ring (bicyclic) bond motifs is 1. The maximum atomic E-state index is 13.5. The molecule has 2 fully saturated rings. The highest BCUT2D eigenvalue weighted by molar-refractivity contribution is 6.00. The molecular weight excluding hydrogens is 464 g/mol. The van der Waals surface area contributed by atoms with Crippen LogP contribution in [0.2, 0.25) is 0 Å². The van der Waals surface area contributed by atoms with Gasteiger partial charge >= 0.3 is 0 Å². The quantitative estimate of drug-likeness (QED) is 0.427. The zero-order chi connectivity index (χ0) is 25.8. The first kappa shape index (κ1) is 23.7. The van der Waals surface area contributed by atoms with E-state index in [-0.39, 0.29) is 23.9 Å². The minimum atomic E-state index is -0.0419. The van der Waals surface area contributed by atoms with Gasteiger partial charge in [-0.25, -0.2) is 9.97 Å². The summed E-state index contributed by atoms with van der Waals surface area (Å²) in [4.78, 5) is 25.4. The molecule has 1 saturated carbocycles. The number of amides is 1. The minimum Gasteiger partial charge on any atom is -0.494 e. The van der Waals surface area contributed by atoms with Crippen LogP contribution >= 0.6 is 0 Å². The van der Waals surface area contributed by atoms with Gasteiger partial charge in [0.25, 0.3) is 5.91 Å². The van der Waals surface area contributed by atoms with Gasteiger partial charge in [0.15, 0.2) is 5.82 Å². The Bertz CT molecular complexity index is 1470. The molecule has 2 aromatic heterocycles. The zero-order valence-corrected chi connectivity index (χ0v) is 21.9. The molecule has 3 atom stereocenters. The molecule has 0 radical (unpaired) electrons. The first-order valence-electron chi connectivity index (χ1n) is 13.1. The van der Waals surface area contributed by atoms with Gasteiger partial charge in [0, 0.05) is 49.5 Å². The van der Waals surface area contributed by atoms with E-state index < -0.39 is 0 Å². The molecule has 1 aliphatic carbocycles. The summed E-state index contributed by atoms with van der Waals surface area (Å²) in [6.07, 6.45) is 4.64. The van der Waals surface area contributed by atoms with Crippen LogP contribution < -0.4 is 10.5 Å². The molecule has 3 heterocycles. The van der Waals surface area contributed by atoms with Crippen molar-refractivity contribution in [2.45, 2.75) is 45.3 Å². The number of methoxy groups -OCH3 is 1. The number of likely N-dealkylation sites (tertiary alicyclic amines) is 1. The third-order valence-electron chi connectivity index (χ3n) is 8.04. The van der Waals surface area contributed by atoms with Crippen LogP contribution in [0.15, 0.2) is 48.7 Å². The molecule has 2 aromatic carbocycles. The second kappa shape index (κ2) is 9.03. The van der Waals surface area contributed by atoms with Crippen molar-refractivity contribution in [2.75, 3.05) is 13.7 Å². The number of rotatable bonds is 6. The molecule has 37 heavy (non-hydrogen) atoms. The van der Waals surface area contributed by atoms with Crippen LogP contribution in [0.3, 0.4) is 0 Å². The number of nitrogens with zero attached hydrogens (tertiary/aromatic N) is 5. The molecule has 1 saturated heterocycles. The van der Waals surface area contributed by atoms with E-state index in [1.54, 1.807) is 7.11 Å². The smallest absolute Gasteiger partial charge is 0.254 e. The minimum absolute atomic E-state index is 0.0182. The number of aromatic nitrogens is 4. The largest absolute Gasteiger partial charge is 0.494 e. The van der Waals surface area contributed by atoms with Crippen LogP contribution in [0, 0.1) is 11.8 Å². The van der Waals surface area contributed by atoms with E-state index in [0.29, 0.717) is 29.3 Å². The molecule has 192 valence electrons. The number of carbonyl (C=O) groups is 1. The van der Waals surface area contributed by atoms with Gasteiger partial charge in [0.2, 0.25) is 0 Å². The predicted octanol–water partition coefficient (Wildman–Crippen LogP) is 4.33. The molecule has 8 nitrogen and oxygen atoms in total. The predicted molar refractivity (Wildman–Crippen MR) is 144 cm³/mol. The van der Waals surface area contributed by atoms with Gasteiger partial charge in [0.05, 0.1) is 12.6 Å². The number of carbonyl (C=O) groups excluding carboxylic acids is 1. The summed E-state index contributed by atoms with van der Waals surface area (Å²) in [6, 6.07) is 13.9. The molecular formula is C29H34N6O2. The lowest BCUT2D eigenvalue weighted by molar-refractivity contribution is 0.0739. The lowest BCUT2D eigenvalue weighted by atomic mass is 10.0. The third-order valence-corrected chi connectivity index (χ3v) is 8.04. The third kappa shape index (κ3) is 4.09. The van der Waals surface area contributed by atoms with Crippen LogP contribution in [-0.4, -0.2) is 55.6 Å². The van der Waals surface area contributed by atoms with E-state index in [0.717, 1.165) is 35.0 Å². The standard InChI is InChI=1S/C29H34N6O2/c1-17-14-35(18(2)25(17)30)29(36)21-12-22-26(24(13-21)37-4)33(3)28(31-22)23-16-34(15-19-10-11-19)27(32-23)20-8-6-5-7-9-20/h5-9,12-13,16-19,25H,10-11,14-15,30H2,1-4H3/t17-,18-,25-/m1/s1. The Morgan fingerprint density at radius 1 is 1.11 bits per heavy atom. The summed E-state index contributed by atoms with van der Waals surface area (Å²) in [5.74, 6) is 3.24. The normalized spacial score (nSPS) is 21.6. The van der Waals surface area contributed by atoms with Gasteiger partial charge in [-0.2, -0.15) is 0 Å². The summed E-state index contributed by atoms with van der Waals surface area (Å²) in [5.41, 5.74) is 10.3. The zero-order valence-electron chi connectivity index (χ0n) is 21.9. The van der Waals surface area contributed by atoms with Gasteiger partial charge in [-0.05, 0) is 43.7 Å². The second-order valence-corrected chi connectivity index (χ2v) is 10.7. The van der Waals surface area contributed by atoms with Gasteiger partial charge in [-0.15, -0.1) is 0 Å². The highest BCUT2D eigenvalue weighted by atomic mass is 16.5. The maximum absolute atomic E-state index is 13.5. The lowest BCUT2D eigenvalue weighted by Gasteiger charge is -2.23. The maximum Gasteiger partial charge on any atom is 0.254 e. The van der Waals surface area contributed by atoms with E-state index in [1.165, 1.54) is 12.8 Å². The fraction of sp³-hybridized carbons (Fsp3) is 0.414. The van der Waals surface area contributed by atoms with Crippen LogP contribution in [0.25, 0.3) is 33.9 Å². The van der Waals surface area contributed by atoms with Crippen molar-refractivity contribution in [1.29, 1.82) is 0 Å². The van der Waals surface area contributed by atoms with Crippen molar-refractivity contribution < 1.29 is 9.53 Å². The molecule has 0 unspecified atom stereocenters. The summed E-state index contributed by atoms with van der Waals surface area (Å²) >= 11 is 0. The Kier molecular flexibility index (Phi) is 5.79. The van der Waals surface area contributed by atoms with E-state index >= 15 is 0 Å². The van der Waals surface area contributed by atoms with Crippen molar-refractivity contribution in [3.05, 3.63) is 54.2 Å². The van der Waals surface area contributed by atoms with Crippen LogP contribution in [0.1, 0.15) is 37.0 Å². The Labute approximate surface area is 217 Å². The summed E-state index contributed by atoms with van der Waals surface area (Å²) in [6.45, 7) is 5.71. The van der Waals surface area contributed by atoms with E-state index in [9.17, 15) is 4.79 Å². The van der Waals surface area contributed by atoms with Crippen molar-refractivity contribution in [2.24, 2.45) is 24.6 Å². The van der Waals surface area contributed by atoms with Gasteiger partial charge < -0.3 is 24.5 Å². The van der Waals surface area contributed by atoms with Crippen molar-refractivity contribution in [3.8, 4) is 28.7 Å². The molecule has 1 aliphatic heterocycles. The van der Waals surface area contributed by atoms with E-state index in [1.807, 2.05) is 53.8 Å². The van der Waals surface area contributed by atoms with Crippen LogP contribution in [0.5, 0.6) is 5.75 Å². The summed E-state index contributed by atoms with van der Waals surface area (Å²) in [7, 11) is 3.60. The van der Waals surface area contributed by atoms with Crippen LogP contribution in [0.4, 0.5) is 0 Å². The van der Waals surface area contributed by atoms with Crippen LogP contribution in [-0.2, 0) is 13.6 Å². The first-order chi connectivity index (χ1) is 17.9. The fourth-order valence-electron chi connectivity index (χ4n) is 5.59. The molecule has 2 N–H and O–H groups in total. The molecule has 0 bridgehead atoms. The number of aryl methyl sites for hydroxylation is 1. The Balaban J connectivity index is 1.42. The van der Waals surface area contributed by atoms with E-state index in [2.05, 4.69) is 29.8 Å². The Hall–Kier alpha value is -3.65. The van der Waals surface area contributed by atoms with Crippen molar-refractivity contribution in [3.63, 3.8) is 0 Å². The molecule has 1 amide bonds. The second-order valence-electron chi connectivity index (χ2n) is 10.7. The van der Waals surface area contributed by atoms with Gasteiger partial charge in [-0.3, -0.25) is 4.79 Å². The first-order valence-corrected chi connectivity index (χ1v) is 13.1. The summed E-state index contributed by atoms with van der Waals surface area (Å²) < 4.78 is 10.0. The topological polar surface area (TPSA) is 91.2 Å². The monoisotopic (exact) mass is 498 g/mol. The number of hydrogen-bond acceptors (Lipinski definition) is 5. The SMILES string of the molecule is COc1cc(C(=O)N2C[C@@H](C)[C@@H](N)[C@H]2C)cc2nc(-c3cn(CC4CC4)c(-c4ccccc4)n3)n(C)c12. The van der Waals surface area contributed by atoms with Gasteiger partial charge in [0.1, 0.15) is 22.8 Å². The molecule has 6 rings (SSSR count). The average molecular weight is 499 g/mol. The molecule has 4 aromatic rings. The lowest BCUT2D eigenvalue weighted by Crippen LogP contribution is -2.40. The average Bonchev–Trinajstić information content (AvgIpc) is 3.45. The Morgan fingerprint density at radius 3 is 2.51 bits per heavy atom. The number of hydrogen-bond donors (Lipinski definition) is 1. The molecule has 8 heteroatoms. The number of nitrogens with two attached hydrogens (primary N) is 1.